The second-order valence-electron chi connectivity index (χ2n) is 4.63. The quantitative estimate of drug-likeness (QED) is 0.882. The second-order valence-corrected chi connectivity index (χ2v) is 4.99. The van der Waals surface area contributed by atoms with Gasteiger partial charge in [-0.3, -0.25) is 0 Å². The summed E-state index contributed by atoms with van der Waals surface area (Å²) in [6, 6.07) is 0. The largest absolute Gasteiger partial charge is 0.322 e. The summed E-state index contributed by atoms with van der Waals surface area (Å²) in [7, 11) is 3.95. The zero-order valence-electron chi connectivity index (χ0n) is 10.1. The van der Waals surface area contributed by atoms with Crippen molar-refractivity contribution in [3.8, 4) is 0 Å². The molecule has 1 aliphatic rings. The Kier molecular flexibility index (Phi) is 3.87. The fraction of sp³-hybridized carbons (Fsp3) is 0.750. The molecule has 1 N–H and O–H groups in total. The predicted octanol–water partition coefficient (Wildman–Crippen LogP) is 2.84. The number of aromatic nitrogens is 2. The van der Waals surface area contributed by atoms with E-state index in [4.69, 9.17) is 16.6 Å². The van der Waals surface area contributed by atoms with Crippen molar-refractivity contribution in [3.63, 3.8) is 0 Å². The number of imidazole rings is 1. The highest BCUT2D eigenvalue weighted by molar-refractivity contribution is 6.30. The van der Waals surface area contributed by atoms with Crippen molar-refractivity contribution in [2.24, 2.45) is 7.05 Å². The monoisotopic (exact) mass is 241 g/mol. The minimum absolute atomic E-state index is 0.613. The Bertz CT molecular complexity index is 353. The fourth-order valence-electron chi connectivity index (χ4n) is 2.56. The SMILES string of the molecule is CNCc1nc(C2CCCCC2)n(C)c1Cl. The third kappa shape index (κ3) is 2.25. The van der Waals surface area contributed by atoms with E-state index in [1.54, 1.807) is 0 Å². The summed E-state index contributed by atoms with van der Waals surface area (Å²) in [4.78, 5) is 4.69. The molecule has 0 spiro atoms. The van der Waals surface area contributed by atoms with Crippen LogP contribution < -0.4 is 5.32 Å². The maximum atomic E-state index is 6.27. The minimum Gasteiger partial charge on any atom is -0.322 e. The van der Waals surface area contributed by atoms with Crippen molar-refractivity contribution < 1.29 is 0 Å². The first kappa shape index (κ1) is 11.9. The van der Waals surface area contributed by atoms with Crippen LogP contribution in [0.2, 0.25) is 5.15 Å². The van der Waals surface area contributed by atoms with E-state index in [-0.39, 0.29) is 0 Å². The molecule has 0 aliphatic heterocycles. The highest BCUT2D eigenvalue weighted by atomic mass is 35.5. The van der Waals surface area contributed by atoms with Crippen LogP contribution in [0.25, 0.3) is 0 Å². The van der Waals surface area contributed by atoms with Crippen LogP contribution in [0.1, 0.15) is 49.5 Å². The Morgan fingerprint density at radius 1 is 1.38 bits per heavy atom. The van der Waals surface area contributed by atoms with Crippen LogP contribution >= 0.6 is 11.6 Å². The molecule has 1 aromatic heterocycles. The van der Waals surface area contributed by atoms with E-state index in [0.29, 0.717) is 5.92 Å². The average Bonchev–Trinajstić information content (AvgIpc) is 2.59. The van der Waals surface area contributed by atoms with Crippen LogP contribution in [0.5, 0.6) is 0 Å². The number of nitrogens with zero attached hydrogens (tertiary/aromatic N) is 2. The molecule has 0 bridgehead atoms. The maximum absolute atomic E-state index is 6.27. The third-order valence-corrected chi connectivity index (χ3v) is 3.91. The molecular formula is C12H20ClN3. The van der Waals surface area contributed by atoms with Crippen LogP contribution in [-0.2, 0) is 13.6 Å². The molecule has 0 saturated heterocycles. The molecule has 1 heterocycles. The van der Waals surface area contributed by atoms with E-state index in [9.17, 15) is 0 Å². The lowest BCUT2D eigenvalue weighted by atomic mass is 9.89. The first-order chi connectivity index (χ1) is 7.74. The zero-order chi connectivity index (χ0) is 11.5. The van der Waals surface area contributed by atoms with Gasteiger partial charge in [0, 0.05) is 19.5 Å². The van der Waals surface area contributed by atoms with Gasteiger partial charge < -0.3 is 9.88 Å². The van der Waals surface area contributed by atoms with Gasteiger partial charge >= 0.3 is 0 Å². The summed E-state index contributed by atoms with van der Waals surface area (Å²) in [6.07, 6.45) is 6.56. The first-order valence-electron chi connectivity index (χ1n) is 6.09. The van der Waals surface area contributed by atoms with Crippen molar-refractivity contribution in [1.29, 1.82) is 0 Å². The third-order valence-electron chi connectivity index (χ3n) is 3.44. The lowest BCUT2D eigenvalue weighted by Crippen LogP contribution is -2.10. The normalized spacial score (nSPS) is 17.9. The molecule has 90 valence electrons. The Morgan fingerprint density at radius 2 is 2.06 bits per heavy atom. The summed E-state index contributed by atoms with van der Waals surface area (Å²) in [5.41, 5.74) is 0.979. The standard InChI is InChI=1S/C12H20ClN3/c1-14-8-10-11(13)16(2)12(15-10)9-6-4-3-5-7-9/h9,14H,3-8H2,1-2H3. The Balaban J connectivity index is 2.22. The van der Waals surface area contributed by atoms with E-state index in [1.165, 1.54) is 37.9 Å². The minimum atomic E-state index is 0.613. The van der Waals surface area contributed by atoms with Crippen LogP contribution in [0, 0.1) is 0 Å². The van der Waals surface area contributed by atoms with Gasteiger partial charge in [-0.1, -0.05) is 30.9 Å². The number of hydrogen-bond acceptors (Lipinski definition) is 2. The van der Waals surface area contributed by atoms with E-state index < -0.39 is 0 Å². The lowest BCUT2D eigenvalue weighted by Gasteiger charge is -2.20. The highest BCUT2D eigenvalue weighted by Crippen LogP contribution is 2.33. The topological polar surface area (TPSA) is 29.9 Å². The highest BCUT2D eigenvalue weighted by Gasteiger charge is 2.22. The van der Waals surface area contributed by atoms with Gasteiger partial charge in [0.1, 0.15) is 11.0 Å². The van der Waals surface area contributed by atoms with E-state index in [1.807, 2.05) is 14.1 Å². The Labute approximate surface area is 102 Å². The first-order valence-corrected chi connectivity index (χ1v) is 6.47. The lowest BCUT2D eigenvalue weighted by molar-refractivity contribution is 0.421. The van der Waals surface area contributed by atoms with Crippen LogP contribution in [0.3, 0.4) is 0 Å². The Hall–Kier alpha value is -0.540. The number of rotatable bonds is 3. The van der Waals surface area contributed by atoms with Gasteiger partial charge in [-0.05, 0) is 19.9 Å². The summed E-state index contributed by atoms with van der Waals surface area (Å²) in [5.74, 6) is 1.79. The van der Waals surface area contributed by atoms with Crippen molar-refractivity contribution in [2.45, 2.75) is 44.6 Å². The number of nitrogens with one attached hydrogen (secondary N) is 1. The van der Waals surface area contributed by atoms with Gasteiger partial charge in [0.15, 0.2) is 0 Å². The van der Waals surface area contributed by atoms with E-state index in [2.05, 4.69) is 9.88 Å². The van der Waals surface area contributed by atoms with Gasteiger partial charge in [-0.25, -0.2) is 4.98 Å². The molecule has 0 atom stereocenters. The summed E-state index contributed by atoms with van der Waals surface area (Å²) in [5, 5.41) is 3.89. The molecular weight excluding hydrogens is 222 g/mol. The summed E-state index contributed by atoms with van der Waals surface area (Å²) in [6.45, 7) is 0.749. The molecule has 4 heteroatoms. The number of hydrogen-bond donors (Lipinski definition) is 1. The molecule has 1 fully saturated rings. The molecule has 16 heavy (non-hydrogen) atoms. The van der Waals surface area contributed by atoms with Crippen molar-refractivity contribution in [3.05, 3.63) is 16.7 Å². The van der Waals surface area contributed by atoms with Crippen molar-refractivity contribution in [2.75, 3.05) is 7.05 Å². The zero-order valence-corrected chi connectivity index (χ0v) is 10.8. The van der Waals surface area contributed by atoms with E-state index >= 15 is 0 Å². The molecule has 0 unspecified atom stereocenters. The fourth-order valence-corrected chi connectivity index (χ4v) is 2.76. The van der Waals surface area contributed by atoms with Crippen LogP contribution in [0.4, 0.5) is 0 Å². The predicted molar refractivity (Wildman–Crippen MR) is 66.8 cm³/mol. The maximum Gasteiger partial charge on any atom is 0.133 e. The number of halogens is 1. The molecule has 1 aliphatic carbocycles. The van der Waals surface area contributed by atoms with Gasteiger partial charge in [0.2, 0.25) is 0 Å². The molecule has 1 saturated carbocycles. The van der Waals surface area contributed by atoms with Gasteiger partial charge in [-0.15, -0.1) is 0 Å². The molecule has 3 nitrogen and oxygen atoms in total. The van der Waals surface area contributed by atoms with Gasteiger partial charge in [0.05, 0.1) is 5.69 Å². The molecule has 0 amide bonds. The van der Waals surface area contributed by atoms with Crippen molar-refractivity contribution in [1.82, 2.24) is 14.9 Å². The smallest absolute Gasteiger partial charge is 0.133 e. The van der Waals surface area contributed by atoms with Crippen LogP contribution in [0.15, 0.2) is 0 Å². The molecule has 2 rings (SSSR count). The van der Waals surface area contributed by atoms with Crippen LogP contribution in [-0.4, -0.2) is 16.6 Å². The molecule has 1 aromatic rings. The second kappa shape index (κ2) is 5.19. The molecule has 0 radical (unpaired) electrons. The summed E-state index contributed by atoms with van der Waals surface area (Å²) >= 11 is 6.27. The van der Waals surface area contributed by atoms with Gasteiger partial charge in [-0.2, -0.15) is 0 Å². The van der Waals surface area contributed by atoms with E-state index in [0.717, 1.165) is 17.4 Å². The Morgan fingerprint density at radius 3 is 2.69 bits per heavy atom. The average molecular weight is 242 g/mol. The van der Waals surface area contributed by atoms with Gasteiger partial charge in [0.25, 0.3) is 0 Å². The summed E-state index contributed by atoms with van der Waals surface area (Å²) < 4.78 is 2.06. The molecule has 0 aromatic carbocycles. The van der Waals surface area contributed by atoms with Crippen molar-refractivity contribution >= 4 is 11.6 Å².